The van der Waals surface area contributed by atoms with Gasteiger partial charge in [0.05, 0.1) is 6.54 Å². The van der Waals surface area contributed by atoms with Crippen molar-refractivity contribution in [3.63, 3.8) is 0 Å². The van der Waals surface area contributed by atoms with Crippen molar-refractivity contribution < 1.29 is 23.9 Å². The molecule has 0 bridgehead atoms. The highest BCUT2D eigenvalue weighted by Crippen LogP contribution is 2.09. The maximum absolute atomic E-state index is 11.8. The fourth-order valence-corrected chi connectivity index (χ4v) is 2.07. The molecule has 7 nitrogen and oxygen atoms in total. The van der Waals surface area contributed by atoms with E-state index < -0.39 is 11.9 Å². The molecule has 2 rings (SSSR count). The van der Waals surface area contributed by atoms with Crippen LogP contribution in [0.5, 0.6) is 0 Å². The standard InChI is InChI=1S/C13H16N2O5/c16-11(15-6-2-1-3-7-15)8-14-12(17)9-4-5-10(20-9)13(18)19/h4-5H,1-3,6-8H2,(H,14,17)(H,18,19). The lowest BCUT2D eigenvalue weighted by Gasteiger charge is -2.26. The summed E-state index contributed by atoms with van der Waals surface area (Å²) in [4.78, 5) is 35.9. The van der Waals surface area contributed by atoms with E-state index in [0.29, 0.717) is 0 Å². The van der Waals surface area contributed by atoms with Gasteiger partial charge in [-0.3, -0.25) is 9.59 Å². The topological polar surface area (TPSA) is 99.8 Å². The summed E-state index contributed by atoms with van der Waals surface area (Å²) in [7, 11) is 0. The number of rotatable bonds is 4. The quantitative estimate of drug-likeness (QED) is 0.846. The zero-order valence-corrected chi connectivity index (χ0v) is 10.9. The lowest BCUT2D eigenvalue weighted by molar-refractivity contribution is -0.130. The number of amides is 2. The molecule has 0 atom stereocenters. The lowest BCUT2D eigenvalue weighted by Crippen LogP contribution is -2.42. The molecule has 7 heteroatoms. The first-order valence-electron chi connectivity index (χ1n) is 6.47. The first-order valence-corrected chi connectivity index (χ1v) is 6.47. The molecule has 1 fully saturated rings. The Hall–Kier alpha value is -2.31. The molecule has 2 N–H and O–H groups in total. The van der Waals surface area contributed by atoms with E-state index in [1.165, 1.54) is 12.1 Å². The summed E-state index contributed by atoms with van der Waals surface area (Å²) in [6.45, 7) is 1.33. The summed E-state index contributed by atoms with van der Waals surface area (Å²) in [5.41, 5.74) is 0. The Morgan fingerprint density at radius 1 is 1.15 bits per heavy atom. The molecule has 0 spiro atoms. The van der Waals surface area contributed by atoms with Crippen LogP contribution >= 0.6 is 0 Å². The highest BCUT2D eigenvalue weighted by molar-refractivity contribution is 5.95. The monoisotopic (exact) mass is 280 g/mol. The van der Waals surface area contributed by atoms with E-state index >= 15 is 0 Å². The summed E-state index contributed by atoms with van der Waals surface area (Å²) >= 11 is 0. The molecule has 108 valence electrons. The number of carboxylic acids is 1. The van der Waals surface area contributed by atoms with Crippen LogP contribution in [0.25, 0.3) is 0 Å². The van der Waals surface area contributed by atoms with Crippen LogP contribution in [0.1, 0.15) is 40.4 Å². The molecule has 1 aromatic rings. The smallest absolute Gasteiger partial charge is 0.371 e. The van der Waals surface area contributed by atoms with Gasteiger partial charge in [0.1, 0.15) is 0 Å². The molecule has 0 saturated carbocycles. The van der Waals surface area contributed by atoms with E-state index in [1.54, 1.807) is 4.90 Å². The SMILES string of the molecule is O=C(O)c1ccc(C(=O)NCC(=O)N2CCCCC2)o1. The second kappa shape index (κ2) is 6.23. The van der Waals surface area contributed by atoms with Crippen LogP contribution in [-0.2, 0) is 4.79 Å². The zero-order valence-electron chi connectivity index (χ0n) is 10.9. The number of furan rings is 1. The zero-order chi connectivity index (χ0) is 14.5. The van der Waals surface area contributed by atoms with Gasteiger partial charge in [-0.15, -0.1) is 0 Å². The van der Waals surface area contributed by atoms with Crippen molar-refractivity contribution in [1.82, 2.24) is 10.2 Å². The highest BCUT2D eigenvalue weighted by atomic mass is 16.4. The molecule has 0 aromatic carbocycles. The van der Waals surface area contributed by atoms with E-state index in [4.69, 9.17) is 9.52 Å². The van der Waals surface area contributed by atoms with Gasteiger partial charge < -0.3 is 19.7 Å². The Bertz CT molecular complexity index is 517. The number of carbonyl (C=O) groups excluding carboxylic acids is 2. The van der Waals surface area contributed by atoms with Crippen LogP contribution in [0.4, 0.5) is 0 Å². The number of nitrogens with one attached hydrogen (secondary N) is 1. The van der Waals surface area contributed by atoms with Crippen molar-refractivity contribution in [3.8, 4) is 0 Å². The first-order chi connectivity index (χ1) is 9.58. The van der Waals surface area contributed by atoms with E-state index in [1.807, 2.05) is 0 Å². The Balaban J connectivity index is 1.84. The van der Waals surface area contributed by atoms with Gasteiger partial charge >= 0.3 is 5.97 Å². The minimum Gasteiger partial charge on any atom is -0.475 e. The van der Waals surface area contributed by atoms with Crippen LogP contribution < -0.4 is 5.32 Å². The summed E-state index contributed by atoms with van der Waals surface area (Å²) in [6, 6.07) is 2.47. The summed E-state index contributed by atoms with van der Waals surface area (Å²) < 4.78 is 4.85. The molecule has 2 heterocycles. The third-order valence-electron chi connectivity index (χ3n) is 3.15. The molecule has 1 aromatic heterocycles. The first kappa shape index (κ1) is 14.1. The number of likely N-dealkylation sites (tertiary alicyclic amines) is 1. The van der Waals surface area contributed by atoms with Gasteiger partial charge in [-0.05, 0) is 31.4 Å². The van der Waals surface area contributed by atoms with Crippen LogP contribution in [0, 0.1) is 0 Å². The largest absolute Gasteiger partial charge is 0.475 e. The van der Waals surface area contributed by atoms with Gasteiger partial charge in [0.25, 0.3) is 5.91 Å². The van der Waals surface area contributed by atoms with Crippen LogP contribution in [0.2, 0.25) is 0 Å². The van der Waals surface area contributed by atoms with E-state index in [0.717, 1.165) is 32.4 Å². The van der Waals surface area contributed by atoms with Crippen LogP contribution in [0.3, 0.4) is 0 Å². The van der Waals surface area contributed by atoms with Crippen LogP contribution in [0.15, 0.2) is 16.5 Å². The molecule has 2 amide bonds. The number of hydrogen-bond acceptors (Lipinski definition) is 4. The van der Waals surface area contributed by atoms with Crippen molar-refractivity contribution in [1.29, 1.82) is 0 Å². The normalized spacial score (nSPS) is 14.9. The van der Waals surface area contributed by atoms with Crippen molar-refractivity contribution >= 4 is 17.8 Å². The lowest BCUT2D eigenvalue weighted by atomic mass is 10.1. The van der Waals surface area contributed by atoms with Crippen molar-refractivity contribution in [2.75, 3.05) is 19.6 Å². The Kier molecular flexibility index (Phi) is 4.39. The molecular weight excluding hydrogens is 264 g/mol. The minimum absolute atomic E-state index is 0.109. The van der Waals surface area contributed by atoms with E-state index in [-0.39, 0.29) is 24.0 Å². The average molecular weight is 280 g/mol. The van der Waals surface area contributed by atoms with Gasteiger partial charge in [0.15, 0.2) is 5.76 Å². The Labute approximate surface area is 115 Å². The maximum atomic E-state index is 11.8. The predicted molar refractivity (Wildman–Crippen MR) is 68.4 cm³/mol. The van der Waals surface area contributed by atoms with Crippen molar-refractivity contribution in [3.05, 3.63) is 23.7 Å². The predicted octanol–water partition coefficient (Wildman–Crippen LogP) is 0.720. The fraction of sp³-hybridized carbons (Fsp3) is 0.462. The molecule has 20 heavy (non-hydrogen) atoms. The van der Waals surface area contributed by atoms with Gasteiger partial charge in [-0.25, -0.2) is 4.79 Å². The number of carboxylic acid groups (broad SMARTS) is 1. The molecule has 1 saturated heterocycles. The number of piperidine rings is 1. The van der Waals surface area contributed by atoms with Crippen LogP contribution in [-0.4, -0.2) is 47.4 Å². The highest BCUT2D eigenvalue weighted by Gasteiger charge is 2.19. The molecule has 0 unspecified atom stereocenters. The summed E-state index contributed by atoms with van der Waals surface area (Å²) in [5.74, 6) is -2.40. The summed E-state index contributed by atoms with van der Waals surface area (Å²) in [6.07, 6.45) is 3.10. The Morgan fingerprint density at radius 3 is 2.40 bits per heavy atom. The van der Waals surface area contributed by atoms with Gasteiger partial charge in [-0.2, -0.15) is 0 Å². The third kappa shape index (κ3) is 3.37. The molecule has 0 radical (unpaired) electrons. The van der Waals surface area contributed by atoms with Gasteiger partial charge in [0, 0.05) is 13.1 Å². The molecule has 0 aliphatic carbocycles. The molecular formula is C13H16N2O5. The van der Waals surface area contributed by atoms with E-state index in [9.17, 15) is 14.4 Å². The number of nitrogens with zero attached hydrogens (tertiary/aromatic N) is 1. The minimum atomic E-state index is -1.24. The fourth-order valence-electron chi connectivity index (χ4n) is 2.07. The second-order valence-electron chi connectivity index (χ2n) is 4.59. The maximum Gasteiger partial charge on any atom is 0.371 e. The van der Waals surface area contributed by atoms with E-state index in [2.05, 4.69) is 5.32 Å². The Morgan fingerprint density at radius 2 is 1.80 bits per heavy atom. The van der Waals surface area contributed by atoms with Gasteiger partial charge in [0.2, 0.25) is 11.7 Å². The third-order valence-corrected chi connectivity index (χ3v) is 3.15. The molecule has 1 aliphatic rings. The average Bonchev–Trinajstić information content (AvgIpc) is 2.95. The van der Waals surface area contributed by atoms with Crippen molar-refractivity contribution in [2.24, 2.45) is 0 Å². The molecule has 1 aliphatic heterocycles. The van der Waals surface area contributed by atoms with Gasteiger partial charge in [-0.1, -0.05) is 0 Å². The number of aromatic carboxylic acids is 1. The summed E-state index contributed by atoms with van der Waals surface area (Å²) in [5, 5.41) is 11.1. The number of carbonyl (C=O) groups is 3. The van der Waals surface area contributed by atoms with Crippen molar-refractivity contribution in [2.45, 2.75) is 19.3 Å². The second-order valence-corrected chi connectivity index (χ2v) is 4.59. The number of hydrogen-bond donors (Lipinski definition) is 2.